The first-order valence-electron chi connectivity index (χ1n) is 0.532. The summed E-state index contributed by atoms with van der Waals surface area (Å²) in [6.07, 6.45) is 0. The molecular formula is H5S4Sb. The van der Waals surface area contributed by atoms with Gasteiger partial charge in [-0.15, -0.1) is 0 Å². The van der Waals surface area contributed by atoms with E-state index in [1.807, 2.05) is 0 Å². The Bertz CT molecular complexity index is 5.61. The third kappa shape index (κ3) is 10.7. The maximum absolute atomic E-state index is 3.72. The van der Waals surface area contributed by atoms with Crippen molar-refractivity contribution in [2.75, 3.05) is 0 Å². The molecule has 0 atom stereocenters. The summed E-state index contributed by atoms with van der Waals surface area (Å²) in [7, 11) is 2.66. The van der Waals surface area contributed by atoms with Crippen molar-refractivity contribution in [3.8, 4) is 0 Å². The quantitative estimate of drug-likeness (QED) is 0.405. The van der Waals surface area contributed by atoms with E-state index in [0.717, 1.165) is 0 Å². The van der Waals surface area contributed by atoms with Crippen molar-refractivity contribution in [3.05, 3.63) is 0 Å². The first-order chi connectivity index (χ1) is 1.91. The van der Waals surface area contributed by atoms with E-state index < -0.39 is 0 Å². The van der Waals surface area contributed by atoms with Crippen LogP contribution in [0.5, 0.6) is 0 Å². The van der Waals surface area contributed by atoms with Gasteiger partial charge in [-0.2, -0.15) is 0 Å². The summed E-state index contributed by atoms with van der Waals surface area (Å²) in [6.45, 7) is 0. The van der Waals surface area contributed by atoms with Gasteiger partial charge in [-0.1, -0.05) is 23.3 Å². The molecule has 0 aromatic heterocycles. The Morgan fingerprint density at radius 3 is 1.20 bits per heavy atom. The van der Waals surface area contributed by atoms with Crippen LogP contribution in [0.1, 0.15) is 0 Å². The molecule has 0 saturated heterocycles. The molecule has 5 heavy (non-hydrogen) atoms. The Morgan fingerprint density at radius 2 is 1.20 bits per heavy atom. The van der Waals surface area contributed by atoms with Gasteiger partial charge in [0.15, 0.2) is 0 Å². The van der Waals surface area contributed by atoms with Crippen molar-refractivity contribution >= 4 is 67.4 Å². The van der Waals surface area contributed by atoms with Crippen molar-refractivity contribution < 1.29 is 0 Å². The van der Waals surface area contributed by atoms with Crippen LogP contribution in [0.25, 0.3) is 0 Å². The molecule has 0 aliphatic carbocycles. The molecule has 0 aromatic carbocycles. The Morgan fingerprint density at radius 1 is 1.00 bits per heavy atom. The van der Waals surface area contributed by atoms with Gasteiger partial charge in [0.05, 0.1) is 0 Å². The molecule has 0 saturated carbocycles. The summed E-state index contributed by atoms with van der Waals surface area (Å²) in [5.41, 5.74) is 0. The van der Waals surface area contributed by atoms with E-state index in [0.29, 0.717) is 0 Å². The topological polar surface area (TPSA) is 0 Å². The first kappa shape index (κ1) is 10.2. The van der Waals surface area contributed by atoms with Crippen LogP contribution in [-0.2, 0) is 0 Å². The van der Waals surface area contributed by atoms with Gasteiger partial charge in [0.25, 0.3) is 0 Å². The van der Waals surface area contributed by atoms with E-state index >= 15 is 0 Å². The summed E-state index contributed by atoms with van der Waals surface area (Å²) >= 11 is 7.45. The van der Waals surface area contributed by atoms with Gasteiger partial charge in [0.1, 0.15) is 0 Å². The molecule has 0 radical (unpaired) electrons. The van der Waals surface area contributed by atoms with Crippen LogP contribution in [0.2, 0.25) is 0 Å². The van der Waals surface area contributed by atoms with Gasteiger partial charge in [0, 0.05) is 0 Å². The van der Waals surface area contributed by atoms with Crippen molar-refractivity contribution in [3.63, 3.8) is 0 Å². The van der Waals surface area contributed by atoms with Crippen LogP contribution in [0, 0.1) is 0 Å². The fourth-order valence-electron chi connectivity index (χ4n) is 0. The molecule has 34 valence electrons. The Hall–Kier alpha value is 2.22. The first-order valence-corrected chi connectivity index (χ1v) is 4.79. The van der Waals surface area contributed by atoms with Crippen LogP contribution >= 0.6 is 43.0 Å². The van der Waals surface area contributed by atoms with E-state index in [1.165, 1.54) is 19.7 Å². The number of rotatable bonds is 1. The van der Waals surface area contributed by atoms with Gasteiger partial charge >= 0.3 is 24.4 Å². The molecule has 0 aromatic rings. The molecule has 0 aliphatic rings. The minimum atomic E-state index is 0. The molecule has 0 nitrogen and oxygen atoms in total. The van der Waals surface area contributed by atoms with E-state index in [4.69, 9.17) is 0 Å². The second-order valence-corrected chi connectivity index (χ2v) is 4.02. The van der Waals surface area contributed by atoms with Gasteiger partial charge in [0.2, 0.25) is 0 Å². The predicted molar refractivity (Wildman–Crippen MR) is 43.1 cm³/mol. The van der Waals surface area contributed by atoms with Gasteiger partial charge < -0.3 is 0 Å². The molecule has 0 rings (SSSR count). The van der Waals surface area contributed by atoms with E-state index in [-0.39, 0.29) is 24.4 Å². The molecule has 0 amide bonds. The number of hydrogen-bond donors (Lipinski definition) is 2. The molecule has 0 spiro atoms. The monoisotopic (exact) mass is 254 g/mol. The summed E-state index contributed by atoms with van der Waals surface area (Å²) in [5.74, 6) is 0. The average Bonchev–Trinajstić information content (AvgIpc) is 1.37. The van der Waals surface area contributed by atoms with E-state index in [1.54, 1.807) is 0 Å². The second-order valence-electron chi connectivity index (χ2n) is 0.149. The van der Waals surface area contributed by atoms with Crippen molar-refractivity contribution in [2.45, 2.75) is 0 Å². The van der Waals surface area contributed by atoms with Crippen LogP contribution in [-0.4, -0.2) is 24.4 Å². The van der Waals surface area contributed by atoms with Crippen LogP contribution in [0.4, 0.5) is 0 Å². The zero-order valence-corrected chi connectivity index (χ0v) is 9.88. The Balaban J connectivity index is 0. The van der Waals surface area contributed by atoms with Crippen LogP contribution in [0.3, 0.4) is 0 Å². The molecule has 0 heterocycles. The third-order valence-electron chi connectivity index (χ3n) is 0.0333. The zero-order valence-electron chi connectivity index (χ0n) is 2.42. The third-order valence-corrected chi connectivity index (χ3v) is 2.70. The molecule has 0 N–H and O–H groups in total. The van der Waals surface area contributed by atoms with Crippen molar-refractivity contribution in [2.24, 2.45) is 0 Å². The summed E-state index contributed by atoms with van der Waals surface area (Å²) in [4.78, 5) is 0. The number of hydrogen-bond acceptors (Lipinski definition) is 4. The number of thiol groups is 2. The predicted octanol–water partition coefficient (Wildman–Crippen LogP) is 0.873. The van der Waals surface area contributed by atoms with Gasteiger partial charge in [-0.3, -0.25) is 0 Å². The van der Waals surface area contributed by atoms with Gasteiger partial charge in [-0.25, -0.2) is 0 Å². The van der Waals surface area contributed by atoms with E-state index in [9.17, 15) is 0 Å². The summed E-state index contributed by atoms with van der Waals surface area (Å²) < 4.78 is 0. The molecular weight excluding hydrogens is 250 g/mol. The fourth-order valence-corrected chi connectivity index (χ4v) is 0. The van der Waals surface area contributed by atoms with Crippen LogP contribution in [0.15, 0.2) is 0 Å². The molecule has 0 bridgehead atoms. The maximum atomic E-state index is 3.72. The van der Waals surface area contributed by atoms with Crippen molar-refractivity contribution in [1.29, 1.82) is 0 Å². The second kappa shape index (κ2) is 9.52. The zero-order chi connectivity index (χ0) is 3.41. The van der Waals surface area contributed by atoms with E-state index in [2.05, 4.69) is 23.3 Å². The van der Waals surface area contributed by atoms with Crippen LogP contribution < -0.4 is 0 Å². The molecule has 0 unspecified atom stereocenters. The standard InChI is InChI=1S/H2S4.Sb.3H/c1-3-4-2;;;;/h1-2H;;;;. The summed E-state index contributed by atoms with van der Waals surface area (Å²) in [5, 5.41) is 0. The minimum absolute atomic E-state index is 0. The SMILES string of the molecule is SSSS.[SbH3]. The molecule has 0 fully saturated rings. The Labute approximate surface area is 66.7 Å². The summed E-state index contributed by atoms with van der Waals surface area (Å²) in [6, 6.07) is 0. The molecule has 0 aliphatic heterocycles. The Kier molecular flexibility index (Phi) is 19.5. The normalized spacial score (nSPS) is 6.00. The fraction of sp³-hybridized carbons (Fsp3) is 0. The van der Waals surface area contributed by atoms with Crippen molar-refractivity contribution in [1.82, 2.24) is 0 Å². The molecule has 5 heteroatoms. The average molecular weight is 255 g/mol. The van der Waals surface area contributed by atoms with Gasteiger partial charge in [-0.05, 0) is 19.7 Å².